The lowest BCUT2D eigenvalue weighted by Gasteiger charge is -2.24. The van der Waals surface area contributed by atoms with Gasteiger partial charge in [-0.15, -0.1) is 24.0 Å². The Morgan fingerprint density at radius 3 is 2.62 bits per heavy atom. The number of methoxy groups -OCH3 is 1. The van der Waals surface area contributed by atoms with E-state index in [2.05, 4.69) is 36.3 Å². The summed E-state index contributed by atoms with van der Waals surface area (Å²) in [5.41, 5.74) is 1.73. The molecule has 0 unspecified atom stereocenters. The second kappa shape index (κ2) is 8.41. The first-order valence-corrected chi connectivity index (χ1v) is 8.80. The maximum absolute atomic E-state index is 5.46. The molecule has 1 N–H and O–H groups in total. The van der Waals surface area contributed by atoms with Gasteiger partial charge in [-0.05, 0) is 50.0 Å². The summed E-state index contributed by atoms with van der Waals surface area (Å²) >= 11 is 0. The SMILES string of the molecule is CCNC(=NCC1(C2CC2)CC1)N(C)Cc1ccccc1OC.I. The number of halogens is 1. The number of nitrogens with one attached hydrogen (secondary N) is 1. The Labute approximate surface area is 163 Å². The zero-order valence-corrected chi connectivity index (χ0v) is 17.4. The quantitative estimate of drug-likeness (QED) is 0.395. The fourth-order valence-electron chi connectivity index (χ4n) is 3.42. The van der Waals surface area contributed by atoms with Gasteiger partial charge in [-0.3, -0.25) is 4.99 Å². The predicted molar refractivity (Wildman–Crippen MR) is 110 cm³/mol. The second-order valence-electron chi connectivity index (χ2n) is 6.97. The fourth-order valence-corrected chi connectivity index (χ4v) is 3.42. The summed E-state index contributed by atoms with van der Waals surface area (Å²) in [6.45, 7) is 4.80. The highest BCUT2D eigenvalue weighted by Gasteiger charge is 2.53. The predicted octanol–water partition coefficient (Wildman–Crippen LogP) is 3.90. The summed E-state index contributed by atoms with van der Waals surface area (Å²) < 4.78 is 5.46. The standard InChI is InChI=1S/C19H29N3O.HI/c1-4-20-18(21-14-19(11-12-19)16-9-10-16)22(2)13-15-7-5-6-8-17(15)23-3;/h5-8,16H,4,9-14H2,1-3H3,(H,20,21);1H. The van der Waals surface area contributed by atoms with E-state index in [0.29, 0.717) is 5.41 Å². The van der Waals surface area contributed by atoms with Crippen molar-refractivity contribution < 1.29 is 4.74 Å². The van der Waals surface area contributed by atoms with E-state index in [4.69, 9.17) is 9.73 Å². The van der Waals surface area contributed by atoms with E-state index in [1.165, 1.54) is 31.2 Å². The summed E-state index contributed by atoms with van der Waals surface area (Å²) in [6.07, 6.45) is 5.58. The molecule has 4 nitrogen and oxygen atoms in total. The molecule has 2 saturated carbocycles. The molecule has 24 heavy (non-hydrogen) atoms. The Morgan fingerprint density at radius 1 is 1.33 bits per heavy atom. The molecule has 1 aromatic carbocycles. The number of benzene rings is 1. The van der Waals surface area contributed by atoms with E-state index in [1.807, 2.05) is 12.1 Å². The van der Waals surface area contributed by atoms with Crippen LogP contribution in [0.5, 0.6) is 5.75 Å². The van der Waals surface area contributed by atoms with Crippen LogP contribution in [0.25, 0.3) is 0 Å². The van der Waals surface area contributed by atoms with Gasteiger partial charge in [-0.1, -0.05) is 18.2 Å². The lowest BCUT2D eigenvalue weighted by atomic mass is 10.0. The molecular weight excluding hydrogens is 413 g/mol. The van der Waals surface area contributed by atoms with Gasteiger partial charge >= 0.3 is 0 Å². The average molecular weight is 443 g/mol. The minimum Gasteiger partial charge on any atom is -0.496 e. The number of nitrogens with zero attached hydrogens (tertiary/aromatic N) is 2. The Morgan fingerprint density at radius 2 is 2.04 bits per heavy atom. The first kappa shape index (κ1) is 19.3. The smallest absolute Gasteiger partial charge is 0.193 e. The van der Waals surface area contributed by atoms with E-state index in [-0.39, 0.29) is 24.0 Å². The highest BCUT2D eigenvalue weighted by Crippen LogP contribution is 2.61. The Kier molecular flexibility index (Phi) is 6.78. The molecule has 5 heteroatoms. The van der Waals surface area contributed by atoms with Crippen molar-refractivity contribution in [1.82, 2.24) is 10.2 Å². The van der Waals surface area contributed by atoms with Crippen LogP contribution in [0.2, 0.25) is 0 Å². The Bertz CT molecular complexity index is 567. The van der Waals surface area contributed by atoms with E-state index in [0.717, 1.165) is 37.3 Å². The van der Waals surface area contributed by atoms with Crippen LogP contribution >= 0.6 is 24.0 Å². The summed E-state index contributed by atoms with van der Waals surface area (Å²) in [7, 11) is 3.83. The molecule has 1 aromatic rings. The molecule has 0 amide bonds. The van der Waals surface area contributed by atoms with Crippen LogP contribution in [0.15, 0.2) is 29.3 Å². The third kappa shape index (κ3) is 4.55. The monoisotopic (exact) mass is 443 g/mol. The molecule has 0 radical (unpaired) electrons. The van der Waals surface area contributed by atoms with Crippen molar-refractivity contribution in [2.24, 2.45) is 16.3 Å². The zero-order valence-electron chi connectivity index (χ0n) is 15.0. The van der Waals surface area contributed by atoms with Crippen molar-refractivity contribution >= 4 is 29.9 Å². The van der Waals surface area contributed by atoms with Gasteiger partial charge in [-0.25, -0.2) is 0 Å². The lowest BCUT2D eigenvalue weighted by Crippen LogP contribution is -2.39. The van der Waals surface area contributed by atoms with Crippen molar-refractivity contribution in [2.45, 2.75) is 39.2 Å². The number of aliphatic imine (C=N–C) groups is 1. The van der Waals surface area contributed by atoms with Crippen molar-refractivity contribution in [1.29, 1.82) is 0 Å². The topological polar surface area (TPSA) is 36.9 Å². The molecule has 0 heterocycles. The molecule has 134 valence electrons. The van der Waals surface area contributed by atoms with Gasteiger partial charge in [0.25, 0.3) is 0 Å². The molecule has 0 spiro atoms. The van der Waals surface area contributed by atoms with E-state index in [9.17, 15) is 0 Å². The minimum absolute atomic E-state index is 0. The number of para-hydroxylation sites is 1. The van der Waals surface area contributed by atoms with Gasteiger partial charge in [0.05, 0.1) is 7.11 Å². The number of guanidine groups is 1. The highest BCUT2D eigenvalue weighted by atomic mass is 127. The van der Waals surface area contributed by atoms with Crippen LogP contribution in [0, 0.1) is 11.3 Å². The lowest BCUT2D eigenvalue weighted by molar-refractivity contribution is 0.394. The molecular formula is C19H30IN3O. The average Bonchev–Trinajstić information content (AvgIpc) is 3.45. The number of hydrogen-bond acceptors (Lipinski definition) is 2. The van der Waals surface area contributed by atoms with Crippen molar-refractivity contribution in [2.75, 3.05) is 27.2 Å². The molecule has 2 fully saturated rings. The largest absolute Gasteiger partial charge is 0.496 e. The van der Waals surface area contributed by atoms with Gasteiger partial charge in [0.1, 0.15) is 5.75 Å². The van der Waals surface area contributed by atoms with Crippen LogP contribution in [0.4, 0.5) is 0 Å². The van der Waals surface area contributed by atoms with E-state index >= 15 is 0 Å². The third-order valence-corrected chi connectivity index (χ3v) is 5.18. The molecule has 0 aliphatic heterocycles. The van der Waals surface area contributed by atoms with E-state index < -0.39 is 0 Å². The van der Waals surface area contributed by atoms with Crippen molar-refractivity contribution in [3.05, 3.63) is 29.8 Å². The summed E-state index contributed by atoms with van der Waals surface area (Å²) in [6, 6.07) is 8.20. The van der Waals surface area contributed by atoms with Gasteiger partial charge in [0.2, 0.25) is 0 Å². The molecule has 0 bridgehead atoms. The Balaban J connectivity index is 0.00000208. The van der Waals surface area contributed by atoms with Crippen LogP contribution in [0.1, 0.15) is 38.2 Å². The van der Waals surface area contributed by atoms with Gasteiger partial charge < -0.3 is 15.0 Å². The first-order valence-electron chi connectivity index (χ1n) is 8.80. The first-order chi connectivity index (χ1) is 11.2. The molecule has 2 aliphatic carbocycles. The van der Waals surface area contributed by atoms with Crippen LogP contribution in [-0.4, -0.2) is 38.1 Å². The summed E-state index contributed by atoms with van der Waals surface area (Å²) in [4.78, 5) is 7.15. The van der Waals surface area contributed by atoms with Crippen LogP contribution in [-0.2, 0) is 6.54 Å². The number of rotatable bonds is 7. The summed E-state index contributed by atoms with van der Waals surface area (Å²) in [5.74, 6) is 2.89. The molecule has 0 aromatic heterocycles. The van der Waals surface area contributed by atoms with Gasteiger partial charge in [0, 0.05) is 32.2 Å². The second-order valence-corrected chi connectivity index (χ2v) is 6.97. The summed E-state index contributed by atoms with van der Waals surface area (Å²) in [5, 5.41) is 3.43. The number of ether oxygens (including phenoxy) is 1. The maximum Gasteiger partial charge on any atom is 0.193 e. The Hall–Kier alpha value is -0.980. The van der Waals surface area contributed by atoms with Crippen molar-refractivity contribution in [3.8, 4) is 5.75 Å². The highest BCUT2D eigenvalue weighted by molar-refractivity contribution is 14.0. The number of hydrogen-bond donors (Lipinski definition) is 1. The third-order valence-electron chi connectivity index (χ3n) is 5.18. The van der Waals surface area contributed by atoms with Crippen LogP contribution < -0.4 is 10.1 Å². The normalized spacial score (nSPS) is 18.5. The molecule has 0 saturated heterocycles. The van der Waals surface area contributed by atoms with Crippen molar-refractivity contribution in [3.63, 3.8) is 0 Å². The molecule has 3 rings (SSSR count). The zero-order chi connectivity index (χ0) is 16.3. The fraction of sp³-hybridized carbons (Fsp3) is 0.632. The van der Waals surface area contributed by atoms with Crippen LogP contribution in [0.3, 0.4) is 0 Å². The van der Waals surface area contributed by atoms with Gasteiger partial charge in [-0.2, -0.15) is 0 Å². The van der Waals surface area contributed by atoms with E-state index in [1.54, 1.807) is 7.11 Å². The minimum atomic E-state index is 0. The maximum atomic E-state index is 5.46. The molecule has 0 atom stereocenters. The van der Waals surface area contributed by atoms with Gasteiger partial charge in [0.15, 0.2) is 5.96 Å². The molecule has 2 aliphatic rings.